The third-order valence-electron chi connectivity index (χ3n) is 5.48. The van der Waals surface area contributed by atoms with Gasteiger partial charge in [-0.15, -0.1) is 11.3 Å². The van der Waals surface area contributed by atoms with E-state index in [2.05, 4.69) is 4.98 Å². The molecule has 7 nitrogen and oxygen atoms in total. The Bertz CT molecular complexity index is 853. The SMILES string of the molecule is O[C@H]1[C@H](O)[C@@H](O)CN(CCCC[C@@H](F)COCc2csc(-c3cc(F)cc(F)c3)n2)C[C@@H]1O. The molecule has 11 heteroatoms. The molecule has 0 amide bonds. The number of hydrogen-bond acceptors (Lipinski definition) is 8. The average Bonchev–Trinajstić information content (AvgIpc) is 3.20. The van der Waals surface area contributed by atoms with Gasteiger partial charge in [-0.2, -0.15) is 0 Å². The van der Waals surface area contributed by atoms with Crippen LogP contribution in [0.3, 0.4) is 0 Å². The first-order chi connectivity index (χ1) is 15.7. The Morgan fingerprint density at radius 2 is 1.67 bits per heavy atom. The first-order valence-electron chi connectivity index (χ1n) is 10.8. The van der Waals surface area contributed by atoms with Gasteiger partial charge in [-0.05, 0) is 37.9 Å². The lowest BCUT2D eigenvalue weighted by molar-refractivity contribution is -0.0894. The van der Waals surface area contributed by atoms with Gasteiger partial charge < -0.3 is 25.2 Å². The number of alkyl halides is 1. The number of thiazole rings is 1. The van der Waals surface area contributed by atoms with Crippen LogP contribution in [0.2, 0.25) is 0 Å². The van der Waals surface area contributed by atoms with Gasteiger partial charge in [-0.25, -0.2) is 18.2 Å². The van der Waals surface area contributed by atoms with Crippen LogP contribution in [0.1, 0.15) is 25.0 Å². The van der Waals surface area contributed by atoms with Gasteiger partial charge >= 0.3 is 0 Å². The first-order valence-corrected chi connectivity index (χ1v) is 11.7. The number of ether oxygens (including phenoxy) is 1. The summed E-state index contributed by atoms with van der Waals surface area (Å²) in [5.41, 5.74) is 0.884. The Morgan fingerprint density at radius 3 is 2.30 bits per heavy atom. The number of benzene rings is 1. The monoisotopic (exact) mass is 490 g/mol. The van der Waals surface area contributed by atoms with Gasteiger partial charge in [0.25, 0.3) is 0 Å². The molecule has 2 aromatic rings. The quantitative estimate of drug-likeness (QED) is 0.377. The Labute approximate surface area is 194 Å². The van der Waals surface area contributed by atoms with E-state index < -0.39 is 42.2 Å². The molecule has 1 aromatic carbocycles. The van der Waals surface area contributed by atoms with E-state index in [0.717, 1.165) is 6.07 Å². The molecule has 0 spiro atoms. The minimum Gasteiger partial charge on any atom is -0.389 e. The van der Waals surface area contributed by atoms with Gasteiger partial charge in [-0.1, -0.05) is 0 Å². The number of nitrogens with zero attached hydrogens (tertiary/aromatic N) is 2. The molecule has 3 rings (SSSR count). The summed E-state index contributed by atoms with van der Waals surface area (Å²) in [7, 11) is 0. The van der Waals surface area contributed by atoms with Crippen molar-refractivity contribution in [2.75, 3.05) is 26.2 Å². The fourth-order valence-corrected chi connectivity index (χ4v) is 4.51. The van der Waals surface area contributed by atoms with E-state index in [4.69, 9.17) is 4.74 Å². The summed E-state index contributed by atoms with van der Waals surface area (Å²) in [5.74, 6) is -1.37. The Hall–Kier alpha value is -1.60. The molecular formula is C22H29F3N2O5S. The second-order valence-electron chi connectivity index (χ2n) is 8.29. The normalized spacial score (nSPS) is 25.2. The summed E-state index contributed by atoms with van der Waals surface area (Å²) in [6.45, 7) is 0.706. The fraction of sp³-hybridized carbons (Fsp3) is 0.591. The molecule has 0 aliphatic carbocycles. The van der Waals surface area contributed by atoms with Crippen molar-refractivity contribution in [2.45, 2.75) is 56.5 Å². The van der Waals surface area contributed by atoms with Crippen LogP contribution in [0.15, 0.2) is 23.6 Å². The highest BCUT2D eigenvalue weighted by atomic mass is 32.1. The molecule has 0 radical (unpaired) electrons. The molecule has 33 heavy (non-hydrogen) atoms. The summed E-state index contributed by atoms with van der Waals surface area (Å²) in [4.78, 5) is 6.01. The lowest BCUT2D eigenvalue weighted by Crippen LogP contribution is -2.43. The molecule has 5 atom stereocenters. The van der Waals surface area contributed by atoms with Crippen LogP contribution in [0, 0.1) is 11.6 Å². The smallest absolute Gasteiger partial charge is 0.126 e. The number of likely N-dealkylation sites (tertiary alicyclic amines) is 1. The largest absolute Gasteiger partial charge is 0.389 e. The molecule has 1 aliphatic heterocycles. The van der Waals surface area contributed by atoms with Gasteiger partial charge in [-0.3, -0.25) is 4.90 Å². The number of hydrogen-bond donors (Lipinski definition) is 4. The van der Waals surface area contributed by atoms with E-state index >= 15 is 0 Å². The standard InChI is InChI=1S/C22H29F3N2O5S/c23-14(3-1-2-4-27-8-18(28)20(30)21(31)19(29)9-27)10-32-11-17-12-33-22(26-17)13-5-15(24)7-16(25)6-13/h5-7,12,14,18-21,28-31H,1-4,8-11H2/t14-,18+,19+,20-,21-/m1/s1. The van der Waals surface area contributed by atoms with E-state index in [9.17, 15) is 33.6 Å². The maximum atomic E-state index is 14.1. The van der Waals surface area contributed by atoms with Crippen LogP contribution in [0.4, 0.5) is 13.2 Å². The van der Waals surface area contributed by atoms with Crippen LogP contribution in [-0.2, 0) is 11.3 Å². The highest BCUT2D eigenvalue weighted by molar-refractivity contribution is 7.13. The number of aromatic nitrogens is 1. The topological polar surface area (TPSA) is 106 Å². The van der Waals surface area contributed by atoms with Crippen molar-refractivity contribution >= 4 is 11.3 Å². The number of aliphatic hydroxyl groups excluding tert-OH is 4. The third kappa shape index (κ3) is 7.71. The van der Waals surface area contributed by atoms with E-state index in [1.807, 2.05) is 0 Å². The number of β-amino-alcohol motifs (C(OH)–C–C–N with tert-alkyl or cyclic N) is 2. The van der Waals surface area contributed by atoms with E-state index in [-0.39, 0.29) is 32.7 Å². The van der Waals surface area contributed by atoms with Crippen LogP contribution in [0.5, 0.6) is 0 Å². The molecule has 0 unspecified atom stereocenters. The summed E-state index contributed by atoms with van der Waals surface area (Å²) < 4.78 is 46.2. The summed E-state index contributed by atoms with van der Waals surface area (Å²) in [6, 6.07) is 3.18. The maximum Gasteiger partial charge on any atom is 0.126 e. The number of aliphatic hydroxyl groups is 4. The predicted molar refractivity (Wildman–Crippen MR) is 116 cm³/mol. The van der Waals surface area contributed by atoms with Gasteiger partial charge in [0.1, 0.15) is 35.0 Å². The van der Waals surface area contributed by atoms with Crippen molar-refractivity contribution in [3.05, 3.63) is 40.9 Å². The highest BCUT2D eigenvalue weighted by Gasteiger charge is 2.35. The molecule has 1 aromatic heterocycles. The van der Waals surface area contributed by atoms with Crippen molar-refractivity contribution in [1.82, 2.24) is 9.88 Å². The van der Waals surface area contributed by atoms with Crippen LogP contribution < -0.4 is 0 Å². The molecule has 1 fully saturated rings. The van der Waals surface area contributed by atoms with E-state index in [1.54, 1.807) is 10.3 Å². The summed E-state index contributed by atoms with van der Waals surface area (Å²) >= 11 is 1.22. The Morgan fingerprint density at radius 1 is 1.03 bits per heavy atom. The minimum atomic E-state index is -1.40. The van der Waals surface area contributed by atoms with Gasteiger partial charge in [0.15, 0.2) is 0 Å². The first kappa shape index (κ1) is 26.0. The molecule has 1 aliphatic rings. The third-order valence-corrected chi connectivity index (χ3v) is 6.42. The Balaban J connectivity index is 1.33. The molecule has 184 valence electrons. The highest BCUT2D eigenvalue weighted by Crippen LogP contribution is 2.25. The van der Waals surface area contributed by atoms with Gasteiger partial charge in [0.05, 0.1) is 31.1 Å². The minimum absolute atomic E-state index is 0.0862. The lowest BCUT2D eigenvalue weighted by atomic mass is 10.1. The molecule has 4 N–H and O–H groups in total. The van der Waals surface area contributed by atoms with Crippen molar-refractivity contribution in [3.63, 3.8) is 0 Å². The number of halogens is 3. The van der Waals surface area contributed by atoms with E-state index in [0.29, 0.717) is 35.7 Å². The van der Waals surface area contributed by atoms with Crippen molar-refractivity contribution in [3.8, 4) is 10.6 Å². The zero-order valence-corrected chi connectivity index (χ0v) is 18.8. The zero-order chi connectivity index (χ0) is 24.0. The molecule has 2 heterocycles. The Kier molecular flexibility index (Phi) is 9.62. The van der Waals surface area contributed by atoms with Crippen molar-refractivity contribution < 1.29 is 38.3 Å². The number of rotatable bonds is 10. The van der Waals surface area contributed by atoms with Crippen molar-refractivity contribution in [1.29, 1.82) is 0 Å². The van der Waals surface area contributed by atoms with Crippen LogP contribution in [0.25, 0.3) is 10.6 Å². The lowest BCUT2D eigenvalue weighted by Gasteiger charge is -2.23. The zero-order valence-electron chi connectivity index (χ0n) is 18.0. The second-order valence-corrected chi connectivity index (χ2v) is 9.14. The second kappa shape index (κ2) is 12.2. The average molecular weight is 491 g/mol. The van der Waals surface area contributed by atoms with Crippen LogP contribution >= 0.6 is 11.3 Å². The van der Waals surface area contributed by atoms with Crippen LogP contribution in [-0.4, -0.2) is 87.1 Å². The summed E-state index contributed by atoms with van der Waals surface area (Å²) in [6.07, 6.45) is -4.85. The molecule has 1 saturated heterocycles. The van der Waals surface area contributed by atoms with Gasteiger partial charge in [0.2, 0.25) is 0 Å². The molecular weight excluding hydrogens is 461 g/mol. The maximum absolute atomic E-state index is 14.1. The van der Waals surface area contributed by atoms with E-state index in [1.165, 1.54) is 23.5 Å². The predicted octanol–water partition coefficient (Wildman–Crippen LogP) is 1.87. The molecule has 0 bridgehead atoms. The van der Waals surface area contributed by atoms with Gasteiger partial charge in [0, 0.05) is 30.1 Å². The van der Waals surface area contributed by atoms with Crippen molar-refractivity contribution in [2.24, 2.45) is 0 Å². The number of unbranched alkanes of at least 4 members (excludes halogenated alkanes) is 1. The summed E-state index contributed by atoms with van der Waals surface area (Å²) in [5, 5.41) is 41.3. The fourth-order valence-electron chi connectivity index (χ4n) is 3.72. The molecule has 0 saturated carbocycles.